The molecule has 2 aromatic heterocycles. The summed E-state index contributed by atoms with van der Waals surface area (Å²) in [6.07, 6.45) is 5.65. The highest BCUT2D eigenvalue weighted by molar-refractivity contribution is 5.91. The molecule has 1 saturated carbocycles. The molecule has 0 bridgehead atoms. The summed E-state index contributed by atoms with van der Waals surface area (Å²) in [5.74, 6) is 0.841. The average molecular weight is 230 g/mol. The first kappa shape index (κ1) is 10.3. The van der Waals surface area contributed by atoms with E-state index in [0.717, 1.165) is 23.0 Å². The van der Waals surface area contributed by atoms with Gasteiger partial charge < -0.3 is 10.3 Å². The monoisotopic (exact) mass is 230 g/mol. The smallest absolute Gasteiger partial charge is 0.146 e. The van der Waals surface area contributed by atoms with Gasteiger partial charge in [0.15, 0.2) is 0 Å². The van der Waals surface area contributed by atoms with Crippen LogP contribution in [0.5, 0.6) is 0 Å². The number of hydrogen-bond acceptors (Lipinski definition) is 4. The molecule has 0 saturated heterocycles. The van der Waals surface area contributed by atoms with Gasteiger partial charge in [-0.25, -0.2) is 9.97 Å². The number of nitrogens with zero attached hydrogens (tertiary/aromatic N) is 3. The van der Waals surface area contributed by atoms with E-state index in [1.165, 1.54) is 6.33 Å². The molecule has 0 atom stereocenters. The van der Waals surface area contributed by atoms with Crippen molar-refractivity contribution in [1.82, 2.24) is 14.5 Å². The van der Waals surface area contributed by atoms with Gasteiger partial charge in [-0.3, -0.25) is 4.79 Å². The number of ketones is 1. The van der Waals surface area contributed by atoms with E-state index in [1.54, 1.807) is 0 Å². The van der Waals surface area contributed by atoms with Crippen molar-refractivity contribution in [3.05, 3.63) is 18.1 Å². The van der Waals surface area contributed by atoms with E-state index in [-0.39, 0.29) is 6.04 Å². The molecule has 1 aliphatic rings. The molecule has 2 heterocycles. The highest BCUT2D eigenvalue weighted by Crippen LogP contribution is 2.34. The zero-order chi connectivity index (χ0) is 12.0. The average Bonchev–Trinajstić information content (AvgIpc) is 2.65. The van der Waals surface area contributed by atoms with Gasteiger partial charge in [0.05, 0.1) is 5.39 Å². The highest BCUT2D eigenvalue weighted by atomic mass is 16.1. The molecule has 2 aromatic rings. The van der Waals surface area contributed by atoms with Crippen molar-refractivity contribution in [3.63, 3.8) is 0 Å². The van der Waals surface area contributed by atoms with Gasteiger partial charge in [0, 0.05) is 25.1 Å². The normalized spacial score (nSPS) is 16.4. The van der Waals surface area contributed by atoms with Crippen molar-refractivity contribution in [2.45, 2.75) is 32.2 Å². The van der Waals surface area contributed by atoms with Gasteiger partial charge in [-0.2, -0.15) is 0 Å². The first-order valence-electron chi connectivity index (χ1n) is 5.82. The third-order valence-corrected chi connectivity index (χ3v) is 3.42. The van der Waals surface area contributed by atoms with Gasteiger partial charge in [0.2, 0.25) is 0 Å². The maximum absolute atomic E-state index is 11.1. The molecule has 0 aliphatic heterocycles. The molecular weight excluding hydrogens is 216 g/mol. The lowest BCUT2D eigenvalue weighted by Gasteiger charge is -2.26. The molecule has 0 unspecified atom stereocenters. The Kier molecular flexibility index (Phi) is 2.14. The number of aromatic nitrogens is 3. The molecule has 3 rings (SSSR count). The second-order valence-corrected chi connectivity index (χ2v) is 4.47. The zero-order valence-corrected chi connectivity index (χ0v) is 9.68. The molecule has 5 heteroatoms. The van der Waals surface area contributed by atoms with Gasteiger partial charge >= 0.3 is 0 Å². The summed E-state index contributed by atoms with van der Waals surface area (Å²) in [4.78, 5) is 19.4. The minimum absolute atomic E-state index is 0.250. The number of hydrogen-bond donors (Lipinski definition) is 1. The topological polar surface area (TPSA) is 73.8 Å². The predicted molar refractivity (Wildman–Crippen MR) is 64.6 cm³/mol. The standard InChI is InChI=1S/C12H14N4O/c1-2-7-5-16(8-3-9(17)4-8)12-10(7)11(13)14-6-15-12/h5-6,8H,2-4H2,1H3,(H2,13,14,15). The second-order valence-electron chi connectivity index (χ2n) is 4.47. The minimum Gasteiger partial charge on any atom is -0.383 e. The number of aryl methyl sites for hydroxylation is 1. The summed E-state index contributed by atoms with van der Waals surface area (Å²) in [5, 5.41) is 0.939. The molecule has 17 heavy (non-hydrogen) atoms. The van der Waals surface area contributed by atoms with Crippen LogP contribution >= 0.6 is 0 Å². The van der Waals surface area contributed by atoms with Crippen molar-refractivity contribution in [2.75, 3.05) is 5.73 Å². The molecule has 1 fully saturated rings. The van der Waals surface area contributed by atoms with E-state index in [2.05, 4.69) is 27.7 Å². The number of nitrogen functional groups attached to an aromatic ring is 1. The van der Waals surface area contributed by atoms with Crippen LogP contribution in [0.2, 0.25) is 0 Å². The van der Waals surface area contributed by atoms with E-state index >= 15 is 0 Å². The summed E-state index contributed by atoms with van der Waals surface area (Å²) in [7, 11) is 0. The Balaban J connectivity index is 2.19. The Morgan fingerprint density at radius 2 is 2.24 bits per heavy atom. The van der Waals surface area contributed by atoms with Gasteiger partial charge in [-0.1, -0.05) is 6.92 Å². The highest BCUT2D eigenvalue weighted by Gasteiger charge is 2.30. The number of Topliss-reactive ketones (excluding diaryl/α,β-unsaturated/α-hetero) is 1. The third kappa shape index (κ3) is 1.42. The van der Waals surface area contributed by atoms with Gasteiger partial charge in [-0.15, -0.1) is 0 Å². The van der Waals surface area contributed by atoms with Crippen molar-refractivity contribution < 1.29 is 4.79 Å². The van der Waals surface area contributed by atoms with Crippen LogP contribution in [0.25, 0.3) is 11.0 Å². The molecule has 0 spiro atoms. The van der Waals surface area contributed by atoms with Crippen LogP contribution in [0, 0.1) is 0 Å². The Labute approximate surface area is 98.7 Å². The van der Waals surface area contributed by atoms with Crippen LogP contribution in [-0.4, -0.2) is 20.3 Å². The van der Waals surface area contributed by atoms with E-state index in [1.807, 2.05) is 0 Å². The van der Waals surface area contributed by atoms with Crippen molar-refractivity contribution >= 4 is 22.6 Å². The lowest BCUT2D eigenvalue weighted by atomic mass is 9.91. The fraction of sp³-hybridized carbons (Fsp3) is 0.417. The van der Waals surface area contributed by atoms with Crippen LogP contribution in [-0.2, 0) is 11.2 Å². The SMILES string of the molecule is CCc1cn(C2CC(=O)C2)c2ncnc(N)c12. The van der Waals surface area contributed by atoms with Gasteiger partial charge in [-0.05, 0) is 12.0 Å². The quantitative estimate of drug-likeness (QED) is 0.848. The zero-order valence-electron chi connectivity index (χ0n) is 9.68. The maximum atomic E-state index is 11.1. The number of fused-ring (bicyclic) bond motifs is 1. The van der Waals surface area contributed by atoms with Crippen molar-refractivity contribution in [2.24, 2.45) is 0 Å². The fourth-order valence-electron chi connectivity index (χ4n) is 2.40. The summed E-state index contributed by atoms with van der Waals surface area (Å²) >= 11 is 0. The predicted octanol–water partition coefficient (Wildman–Crippen LogP) is 1.48. The Morgan fingerprint density at radius 1 is 1.47 bits per heavy atom. The summed E-state index contributed by atoms with van der Waals surface area (Å²) in [6.45, 7) is 2.08. The lowest BCUT2D eigenvalue weighted by molar-refractivity contribution is -0.126. The first-order chi connectivity index (χ1) is 8.20. The van der Waals surface area contributed by atoms with Crippen LogP contribution in [0.15, 0.2) is 12.5 Å². The van der Waals surface area contributed by atoms with E-state index in [9.17, 15) is 4.79 Å². The molecule has 2 N–H and O–H groups in total. The van der Waals surface area contributed by atoms with Gasteiger partial charge in [0.1, 0.15) is 23.6 Å². The summed E-state index contributed by atoms with van der Waals surface area (Å²) in [6, 6.07) is 0.250. The van der Waals surface area contributed by atoms with E-state index in [4.69, 9.17) is 5.73 Å². The molecule has 88 valence electrons. The van der Waals surface area contributed by atoms with Gasteiger partial charge in [0.25, 0.3) is 0 Å². The Hall–Kier alpha value is -1.91. The second kappa shape index (κ2) is 3.55. The van der Waals surface area contributed by atoms with Crippen molar-refractivity contribution in [1.29, 1.82) is 0 Å². The number of carbonyl (C=O) groups excluding carboxylic acids is 1. The number of nitrogens with two attached hydrogens (primary N) is 1. The van der Waals surface area contributed by atoms with Crippen LogP contribution in [0.1, 0.15) is 31.4 Å². The summed E-state index contributed by atoms with van der Waals surface area (Å²) in [5.41, 5.74) is 7.91. The van der Waals surface area contributed by atoms with Crippen LogP contribution in [0.3, 0.4) is 0 Å². The molecule has 0 aromatic carbocycles. The maximum Gasteiger partial charge on any atom is 0.146 e. The van der Waals surface area contributed by atoms with E-state index < -0.39 is 0 Å². The number of rotatable bonds is 2. The minimum atomic E-state index is 0.250. The van der Waals surface area contributed by atoms with E-state index in [0.29, 0.717) is 24.4 Å². The molecular formula is C12H14N4O. The largest absolute Gasteiger partial charge is 0.383 e. The molecule has 0 radical (unpaired) electrons. The summed E-state index contributed by atoms with van der Waals surface area (Å²) < 4.78 is 2.08. The van der Waals surface area contributed by atoms with Crippen LogP contribution in [0.4, 0.5) is 5.82 Å². The third-order valence-electron chi connectivity index (χ3n) is 3.42. The molecule has 1 aliphatic carbocycles. The molecule has 0 amide bonds. The first-order valence-corrected chi connectivity index (χ1v) is 5.82. The fourth-order valence-corrected chi connectivity index (χ4v) is 2.40. The molecule has 5 nitrogen and oxygen atoms in total. The van der Waals surface area contributed by atoms with Crippen LogP contribution < -0.4 is 5.73 Å². The Morgan fingerprint density at radius 3 is 2.88 bits per heavy atom. The van der Waals surface area contributed by atoms with Crippen molar-refractivity contribution in [3.8, 4) is 0 Å². The Bertz CT molecular complexity index is 594. The number of carbonyl (C=O) groups is 1. The number of anilines is 1. The lowest BCUT2D eigenvalue weighted by Crippen LogP contribution is -2.26.